The van der Waals surface area contributed by atoms with E-state index >= 15 is 0 Å². The van der Waals surface area contributed by atoms with Crippen LogP contribution in [-0.2, 0) is 6.54 Å². The van der Waals surface area contributed by atoms with Crippen LogP contribution in [0.1, 0.15) is 5.56 Å². The van der Waals surface area contributed by atoms with Gasteiger partial charge in [-0.1, -0.05) is 65.1 Å². The summed E-state index contributed by atoms with van der Waals surface area (Å²) in [4.78, 5) is 12.1. The lowest BCUT2D eigenvalue weighted by atomic mass is 10.2. The molecule has 1 N–H and O–H groups in total. The Labute approximate surface area is 153 Å². The van der Waals surface area contributed by atoms with Gasteiger partial charge in [-0.25, -0.2) is 0 Å². The molecule has 0 atom stereocenters. The van der Waals surface area contributed by atoms with E-state index in [0.29, 0.717) is 17.3 Å². The number of rotatable bonds is 4. The molecule has 0 aliphatic rings. The van der Waals surface area contributed by atoms with Crippen molar-refractivity contribution in [2.75, 3.05) is 5.32 Å². The molecule has 7 heteroatoms. The largest absolute Gasteiger partial charge is 0.380 e. The van der Waals surface area contributed by atoms with Gasteiger partial charge in [-0.3, -0.25) is 4.79 Å². The third kappa shape index (κ3) is 3.56. The topological polar surface area (TPSA) is 46.9 Å². The molecule has 0 saturated heterocycles. The number of nitrogens with one attached hydrogen (secondary N) is 1. The van der Waals surface area contributed by atoms with Crippen LogP contribution in [0.3, 0.4) is 0 Å². The Balaban J connectivity index is 1.85. The highest BCUT2D eigenvalue weighted by Gasteiger charge is 2.10. The van der Waals surface area contributed by atoms with E-state index in [2.05, 4.69) is 10.4 Å². The Morgan fingerprint density at radius 2 is 1.75 bits per heavy atom. The Hall–Kier alpha value is -2.01. The molecule has 1 heterocycles. The Bertz CT molecular complexity index is 926. The molecule has 1 aromatic heterocycles. The van der Waals surface area contributed by atoms with Crippen LogP contribution >= 0.6 is 34.8 Å². The fourth-order valence-corrected chi connectivity index (χ4v) is 2.66. The molecular weight excluding hydrogens is 369 g/mol. The van der Waals surface area contributed by atoms with Gasteiger partial charge < -0.3 is 5.32 Å². The number of hydrogen-bond donors (Lipinski definition) is 1. The zero-order valence-electron chi connectivity index (χ0n) is 12.3. The Kier molecular flexibility index (Phi) is 5.09. The highest BCUT2D eigenvalue weighted by Crippen LogP contribution is 2.25. The minimum Gasteiger partial charge on any atom is -0.380 e. The molecular formula is C17H12Cl3N3O. The molecule has 0 aliphatic carbocycles. The second kappa shape index (κ2) is 7.26. The van der Waals surface area contributed by atoms with E-state index in [1.54, 1.807) is 18.2 Å². The molecule has 0 spiro atoms. The maximum Gasteiger partial charge on any atom is 0.291 e. The first kappa shape index (κ1) is 16.8. The molecule has 0 fully saturated rings. The number of aromatic nitrogens is 2. The van der Waals surface area contributed by atoms with Gasteiger partial charge >= 0.3 is 0 Å². The molecule has 0 aliphatic heterocycles. The van der Waals surface area contributed by atoms with Crippen LogP contribution < -0.4 is 10.9 Å². The summed E-state index contributed by atoms with van der Waals surface area (Å²) in [5.74, 6) is 0. The number of hydrogen-bond acceptors (Lipinski definition) is 3. The van der Waals surface area contributed by atoms with Gasteiger partial charge in [0.15, 0.2) is 0 Å². The van der Waals surface area contributed by atoms with Crippen LogP contribution in [0.4, 0.5) is 5.69 Å². The molecule has 122 valence electrons. The van der Waals surface area contributed by atoms with Crippen LogP contribution in [0.5, 0.6) is 0 Å². The lowest BCUT2D eigenvalue weighted by Crippen LogP contribution is -2.21. The van der Waals surface area contributed by atoms with Crippen molar-refractivity contribution in [3.8, 4) is 5.69 Å². The van der Waals surface area contributed by atoms with Gasteiger partial charge in [-0.15, -0.1) is 0 Å². The molecule has 0 radical (unpaired) electrons. The number of anilines is 1. The molecule has 0 bridgehead atoms. The van der Waals surface area contributed by atoms with E-state index in [4.69, 9.17) is 34.8 Å². The minimum atomic E-state index is -0.495. The number of halogens is 3. The average Bonchev–Trinajstić information content (AvgIpc) is 2.60. The summed E-state index contributed by atoms with van der Waals surface area (Å²) in [6, 6.07) is 15.1. The molecule has 3 rings (SSSR count). The van der Waals surface area contributed by atoms with Crippen molar-refractivity contribution >= 4 is 40.5 Å². The summed E-state index contributed by atoms with van der Waals surface area (Å²) in [5.41, 5.74) is 1.91. The molecule has 3 aromatic rings. The predicted octanol–water partition coefficient (Wildman–Crippen LogP) is 4.80. The first-order chi connectivity index (χ1) is 11.6. The van der Waals surface area contributed by atoms with Crippen LogP contribution in [0, 0.1) is 0 Å². The van der Waals surface area contributed by atoms with E-state index in [0.717, 1.165) is 15.9 Å². The van der Waals surface area contributed by atoms with Crippen LogP contribution in [0.25, 0.3) is 5.69 Å². The summed E-state index contributed by atoms with van der Waals surface area (Å²) in [6.07, 6.45) is 1.32. The standard InChI is InChI=1S/C17H12Cl3N3O/c18-13-8-12(23-17(24)16(20)14(19)10-22-23)6-7-15(13)21-9-11-4-2-1-3-5-11/h1-8,10,21H,9H2. The first-order valence-electron chi connectivity index (χ1n) is 7.07. The maximum atomic E-state index is 12.1. The van der Waals surface area contributed by atoms with Gasteiger partial charge in [0.1, 0.15) is 5.02 Å². The van der Waals surface area contributed by atoms with Crippen molar-refractivity contribution < 1.29 is 0 Å². The zero-order valence-corrected chi connectivity index (χ0v) is 14.6. The maximum absolute atomic E-state index is 12.1. The number of benzene rings is 2. The van der Waals surface area contributed by atoms with Crippen LogP contribution in [0.15, 0.2) is 59.5 Å². The highest BCUT2D eigenvalue weighted by molar-refractivity contribution is 6.41. The Morgan fingerprint density at radius 3 is 2.46 bits per heavy atom. The van der Waals surface area contributed by atoms with Crippen molar-refractivity contribution in [2.24, 2.45) is 0 Å². The summed E-state index contributed by atoms with van der Waals surface area (Å²) in [5, 5.41) is 7.75. The van der Waals surface area contributed by atoms with Gasteiger partial charge in [-0.2, -0.15) is 9.78 Å². The average molecular weight is 381 g/mol. The van der Waals surface area contributed by atoms with Crippen molar-refractivity contribution in [2.45, 2.75) is 6.54 Å². The summed E-state index contributed by atoms with van der Waals surface area (Å²) < 4.78 is 1.15. The second-order valence-electron chi connectivity index (χ2n) is 5.03. The van der Waals surface area contributed by atoms with E-state index in [-0.39, 0.29) is 10.0 Å². The molecule has 4 nitrogen and oxygen atoms in total. The summed E-state index contributed by atoms with van der Waals surface area (Å²) in [7, 11) is 0. The lowest BCUT2D eigenvalue weighted by molar-refractivity contribution is 0.807. The predicted molar refractivity (Wildman–Crippen MR) is 98.6 cm³/mol. The van der Waals surface area contributed by atoms with Gasteiger partial charge in [0.25, 0.3) is 5.56 Å². The van der Waals surface area contributed by atoms with Gasteiger partial charge in [0.2, 0.25) is 0 Å². The molecule has 0 unspecified atom stereocenters. The van der Waals surface area contributed by atoms with Crippen molar-refractivity contribution in [3.05, 3.63) is 85.7 Å². The SMILES string of the molecule is O=c1c(Cl)c(Cl)cnn1-c1ccc(NCc2ccccc2)c(Cl)c1. The van der Waals surface area contributed by atoms with E-state index in [1.807, 2.05) is 30.3 Å². The smallest absolute Gasteiger partial charge is 0.291 e. The van der Waals surface area contributed by atoms with Crippen LogP contribution in [-0.4, -0.2) is 9.78 Å². The molecule has 0 saturated carbocycles. The molecule has 0 amide bonds. The third-order valence-electron chi connectivity index (χ3n) is 3.40. The van der Waals surface area contributed by atoms with E-state index in [9.17, 15) is 4.79 Å². The first-order valence-corrected chi connectivity index (χ1v) is 8.20. The highest BCUT2D eigenvalue weighted by atomic mass is 35.5. The zero-order chi connectivity index (χ0) is 17.1. The fraction of sp³-hybridized carbons (Fsp3) is 0.0588. The molecule has 2 aromatic carbocycles. The molecule has 24 heavy (non-hydrogen) atoms. The summed E-state index contributed by atoms with van der Waals surface area (Å²) >= 11 is 18.0. The van der Waals surface area contributed by atoms with Crippen molar-refractivity contribution in [1.29, 1.82) is 0 Å². The van der Waals surface area contributed by atoms with Gasteiger partial charge in [0.05, 0.1) is 27.6 Å². The number of nitrogens with zero attached hydrogens (tertiary/aromatic N) is 2. The van der Waals surface area contributed by atoms with Crippen molar-refractivity contribution in [3.63, 3.8) is 0 Å². The second-order valence-corrected chi connectivity index (χ2v) is 6.22. The Morgan fingerprint density at radius 1 is 1.00 bits per heavy atom. The fourth-order valence-electron chi connectivity index (χ4n) is 2.17. The lowest BCUT2D eigenvalue weighted by Gasteiger charge is -2.11. The van der Waals surface area contributed by atoms with E-state index < -0.39 is 5.56 Å². The third-order valence-corrected chi connectivity index (χ3v) is 4.46. The summed E-state index contributed by atoms with van der Waals surface area (Å²) in [6.45, 7) is 0.644. The minimum absolute atomic E-state index is 0.0749. The normalized spacial score (nSPS) is 10.6. The van der Waals surface area contributed by atoms with E-state index in [1.165, 1.54) is 6.20 Å². The quantitative estimate of drug-likeness (QED) is 0.707. The van der Waals surface area contributed by atoms with Crippen molar-refractivity contribution in [1.82, 2.24) is 9.78 Å². The monoisotopic (exact) mass is 379 g/mol. The van der Waals surface area contributed by atoms with Crippen LogP contribution in [0.2, 0.25) is 15.1 Å². The van der Waals surface area contributed by atoms with Gasteiger partial charge in [-0.05, 0) is 23.8 Å². The van der Waals surface area contributed by atoms with Gasteiger partial charge in [0, 0.05) is 6.54 Å².